The molecule has 2 aliphatic rings. The van der Waals surface area contributed by atoms with Crippen LogP contribution in [-0.4, -0.2) is 47.8 Å². The summed E-state index contributed by atoms with van der Waals surface area (Å²) in [5.41, 5.74) is 0. The Morgan fingerprint density at radius 3 is 2.50 bits per heavy atom. The predicted molar refractivity (Wildman–Crippen MR) is 60.4 cm³/mol. The first kappa shape index (κ1) is 11.9. The number of carbonyl (C=O) groups is 1. The molecule has 2 fully saturated rings. The molecule has 1 aliphatic heterocycles. The molecule has 0 aromatic carbocycles. The minimum absolute atomic E-state index is 0.358. The van der Waals surface area contributed by atoms with Crippen LogP contribution in [-0.2, 0) is 9.53 Å². The van der Waals surface area contributed by atoms with E-state index in [4.69, 9.17) is 9.84 Å². The maximum absolute atomic E-state index is 11.1. The Balaban J connectivity index is 1.96. The van der Waals surface area contributed by atoms with E-state index in [9.17, 15) is 4.79 Å². The summed E-state index contributed by atoms with van der Waals surface area (Å²) in [6.07, 6.45) is 4.49. The summed E-state index contributed by atoms with van der Waals surface area (Å²) in [5, 5.41) is 9.14. The first-order valence-electron chi connectivity index (χ1n) is 6.24. The van der Waals surface area contributed by atoms with Gasteiger partial charge in [-0.2, -0.15) is 0 Å². The van der Waals surface area contributed by atoms with E-state index < -0.39 is 5.97 Å². The fourth-order valence-electron chi connectivity index (χ4n) is 2.38. The lowest BCUT2D eigenvalue weighted by Gasteiger charge is -2.36. The summed E-state index contributed by atoms with van der Waals surface area (Å²) < 4.78 is 5.34. The standard InChI is InChI=1S/C12H21NO3/c1-9(12(14)15)13(8-10-2-3-10)11-4-6-16-7-5-11/h9-11H,2-8H2,1H3,(H,14,15)/t9-/m0/s1. The van der Waals surface area contributed by atoms with Crippen molar-refractivity contribution in [3.8, 4) is 0 Å². The van der Waals surface area contributed by atoms with Gasteiger partial charge in [0.2, 0.25) is 0 Å². The molecule has 0 radical (unpaired) electrons. The van der Waals surface area contributed by atoms with Crippen molar-refractivity contribution in [2.45, 2.75) is 44.7 Å². The second-order valence-electron chi connectivity index (χ2n) is 5.00. The van der Waals surface area contributed by atoms with Crippen LogP contribution >= 0.6 is 0 Å². The minimum Gasteiger partial charge on any atom is -0.480 e. The van der Waals surface area contributed by atoms with Crippen LogP contribution < -0.4 is 0 Å². The molecular formula is C12H21NO3. The number of carboxylic acids is 1. The van der Waals surface area contributed by atoms with E-state index in [1.807, 2.05) is 0 Å². The first-order chi connectivity index (χ1) is 7.68. The molecule has 0 amide bonds. The molecule has 1 saturated heterocycles. The van der Waals surface area contributed by atoms with Crippen molar-refractivity contribution >= 4 is 5.97 Å². The molecule has 1 aliphatic carbocycles. The van der Waals surface area contributed by atoms with Gasteiger partial charge in [-0.1, -0.05) is 0 Å². The zero-order valence-electron chi connectivity index (χ0n) is 9.89. The molecule has 0 spiro atoms. The average Bonchev–Trinajstić information content (AvgIpc) is 3.10. The summed E-state index contributed by atoms with van der Waals surface area (Å²) >= 11 is 0. The van der Waals surface area contributed by atoms with E-state index in [0.29, 0.717) is 6.04 Å². The number of nitrogens with zero attached hydrogens (tertiary/aromatic N) is 1. The van der Waals surface area contributed by atoms with E-state index in [0.717, 1.165) is 38.5 Å². The predicted octanol–water partition coefficient (Wildman–Crippen LogP) is 1.35. The molecule has 0 bridgehead atoms. The van der Waals surface area contributed by atoms with Crippen LogP contribution in [0.2, 0.25) is 0 Å². The van der Waals surface area contributed by atoms with Gasteiger partial charge >= 0.3 is 5.97 Å². The highest BCUT2D eigenvalue weighted by atomic mass is 16.5. The Morgan fingerprint density at radius 2 is 2.00 bits per heavy atom. The Bertz CT molecular complexity index is 247. The van der Waals surface area contributed by atoms with Crippen molar-refractivity contribution in [1.29, 1.82) is 0 Å². The Hall–Kier alpha value is -0.610. The number of carboxylic acid groups (broad SMARTS) is 1. The second-order valence-corrected chi connectivity index (χ2v) is 5.00. The van der Waals surface area contributed by atoms with Crippen molar-refractivity contribution in [3.05, 3.63) is 0 Å². The molecular weight excluding hydrogens is 206 g/mol. The summed E-state index contributed by atoms with van der Waals surface area (Å²) in [5.74, 6) is 0.0387. The third-order valence-corrected chi connectivity index (χ3v) is 3.68. The van der Waals surface area contributed by atoms with Gasteiger partial charge in [0.05, 0.1) is 0 Å². The maximum atomic E-state index is 11.1. The van der Waals surface area contributed by atoms with Crippen LogP contribution in [0.5, 0.6) is 0 Å². The molecule has 92 valence electrons. The van der Waals surface area contributed by atoms with E-state index in [1.165, 1.54) is 12.8 Å². The normalized spacial score (nSPS) is 24.6. The number of rotatable bonds is 5. The fraction of sp³-hybridized carbons (Fsp3) is 0.917. The summed E-state index contributed by atoms with van der Waals surface area (Å²) in [4.78, 5) is 13.3. The van der Waals surface area contributed by atoms with Crippen LogP contribution in [0.25, 0.3) is 0 Å². The Kier molecular flexibility index (Phi) is 3.82. The molecule has 0 unspecified atom stereocenters. The molecule has 1 saturated carbocycles. The number of aliphatic carboxylic acids is 1. The SMILES string of the molecule is C[C@@H](C(=O)O)N(CC1CC1)C1CCOCC1. The van der Waals surface area contributed by atoms with Gasteiger partial charge in [-0.05, 0) is 38.5 Å². The van der Waals surface area contributed by atoms with Crippen molar-refractivity contribution in [2.75, 3.05) is 19.8 Å². The first-order valence-corrected chi connectivity index (χ1v) is 6.24. The average molecular weight is 227 g/mol. The molecule has 1 heterocycles. The summed E-state index contributed by atoms with van der Waals surface area (Å²) in [7, 11) is 0. The molecule has 1 atom stereocenters. The van der Waals surface area contributed by atoms with Gasteiger partial charge in [0.15, 0.2) is 0 Å². The van der Waals surface area contributed by atoms with Gasteiger partial charge in [0.1, 0.15) is 6.04 Å². The van der Waals surface area contributed by atoms with E-state index >= 15 is 0 Å². The quantitative estimate of drug-likeness (QED) is 0.770. The highest BCUT2D eigenvalue weighted by Crippen LogP contribution is 2.32. The third-order valence-electron chi connectivity index (χ3n) is 3.68. The van der Waals surface area contributed by atoms with Gasteiger partial charge in [-0.3, -0.25) is 9.69 Å². The lowest BCUT2D eigenvalue weighted by molar-refractivity contribution is -0.144. The van der Waals surface area contributed by atoms with Crippen molar-refractivity contribution in [3.63, 3.8) is 0 Å². The van der Waals surface area contributed by atoms with E-state index in [2.05, 4.69) is 4.90 Å². The zero-order chi connectivity index (χ0) is 11.5. The molecule has 2 rings (SSSR count). The molecule has 1 N–H and O–H groups in total. The largest absolute Gasteiger partial charge is 0.480 e. The van der Waals surface area contributed by atoms with Crippen LogP contribution in [0, 0.1) is 5.92 Å². The van der Waals surface area contributed by atoms with Crippen molar-refractivity contribution in [2.24, 2.45) is 5.92 Å². The third kappa shape index (κ3) is 2.95. The minimum atomic E-state index is -0.702. The Morgan fingerprint density at radius 1 is 1.38 bits per heavy atom. The van der Waals surface area contributed by atoms with Crippen LogP contribution in [0.1, 0.15) is 32.6 Å². The number of hydrogen-bond donors (Lipinski definition) is 1. The summed E-state index contributed by atoms with van der Waals surface area (Å²) in [6, 6.07) is 0.0455. The monoisotopic (exact) mass is 227 g/mol. The van der Waals surface area contributed by atoms with Gasteiger partial charge < -0.3 is 9.84 Å². The Labute approximate surface area is 96.6 Å². The van der Waals surface area contributed by atoms with Gasteiger partial charge in [0, 0.05) is 25.8 Å². The van der Waals surface area contributed by atoms with Crippen molar-refractivity contribution in [1.82, 2.24) is 4.90 Å². The maximum Gasteiger partial charge on any atom is 0.320 e. The number of hydrogen-bond acceptors (Lipinski definition) is 3. The van der Waals surface area contributed by atoms with Crippen LogP contribution in [0.15, 0.2) is 0 Å². The van der Waals surface area contributed by atoms with Crippen molar-refractivity contribution < 1.29 is 14.6 Å². The highest BCUT2D eigenvalue weighted by molar-refractivity contribution is 5.72. The number of ether oxygens (including phenoxy) is 1. The molecule has 16 heavy (non-hydrogen) atoms. The summed E-state index contributed by atoms with van der Waals surface area (Å²) in [6.45, 7) is 4.31. The van der Waals surface area contributed by atoms with Gasteiger partial charge in [-0.25, -0.2) is 0 Å². The van der Waals surface area contributed by atoms with Crippen LogP contribution in [0.4, 0.5) is 0 Å². The molecule has 4 heteroatoms. The van der Waals surface area contributed by atoms with Gasteiger partial charge in [-0.15, -0.1) is 0 Å². The van der Waals surface area contributed by atoms with E-state index in [-0.39, 0.29) is 6.04 Å². The zero-order valence-corrected chi connectivity index (χ0v) is 9.89. The molecule has 0 aromatic heterocycles. The fourth-order valence-corrected chi connectivity index (χ4v) is 2.38. The molecule has 4 nitrogen and oxygen atoms in total. The van der Waals surface area contributed by atoms with Gasteiger partial charge in [0.25, 0.3) is 0 Å². The lowest BCUT2D eigenvalue weighted by Crippen LogP contribution is -2.48. The highest BCUT2D eigenvalue weighted by Gasteiger charge is 2.34. The van der Waals surface area contributed by atoms with E-state index in [1.54, 1.807) is 6.92 Å². The van der Waals surface area contributed by atoms with Crippen LogP contribution in [0.3, 0.4) is 0 Å². The smallest absolute Gasteiger partial charge is 0.320 e. The lowest BCUT2D eigenvalue weighted by atomic mass is 10.0. The topological polar surface area (TPSA) is 49.8 Å². The second kappa shape index (κ2) is 5.15. The molecule has 0 aromatic rings.